The second-order valence-electron chi connectivity index (χ2n) is 7.16. The van der Waals surface area contributed by atoms with Crippen LogP contribution in [-0.2, 0) is 16.0 Å². The fourth-order valence-corrected chi connectivity index (χ4v) is 4.30. The number of thiazole rings is 1. The molecule has 1 saturated heterocycles. The van der Waals surface area contributed by atoms with Gasteiger partial charge in [-0.2, -0.15) is 0 Å². The van der Waals surface area contributed by atoms with Crippen molar-refractivity contribution in [2.24, 2.45) is 0 Å². The number of pyridine rings is 1. The number of carbonyl (C=O) groups excluding carboxylic acids is 2. The van der Waals surface area contributed by atoms with Crippen molar-refractivity contribution >= 4 is 40.4 Å². The summed E-state index contributed by atoms with van der Waals surface area (Å²) in [6.07, 6.45) is 1.85. The van der Waals surface area contributed by atoms with Gasteiger partial charge in [0.05, 0.1) is 24.4 Å². The van der Waals surface area contributed by atoms with Gasteiger partial charge in [-0.1, -0.05) is 17.7 Å². The molecule has 2 aromatic heterocycles. The number of carbonyl (C=O) groups is 2. The Labute approximate surface area is 189 Å². The van der Waals surface area contributed by atoms with Crippen LogP contribution in [0.15, 0.2) is 54.0 Å². The monoisotopic (exact) mass is 455 g/mol. The first-order valence-corrected chi connectivity index (χ1v) is 11.2. The summed E-state index contributed by atoms with van der Waals surface area (Å²) in [6, 6.07) is 13.3. The number of piperazine rings is 1. The van der Waals surface area contributed by atoms with Crippen molar-refractivity contribution in [1.29, 1.82) is 0 Å². The molecule has 0 bridgehead atoms. The highest BCUT2D eigenvalue weighted by atomic mass is 35.5. The highest BCUT2D eigenvalue weighted by Gasteiger charge is 2.21. The van der Waals surface area contributed by atoms with Gasteiger partial charge in [0, 0.05) is 48.5 Å². The maximum absolute atomic E-state index is 12.5. The molecule has 1 aliphatic rings. The van der Waals surface area contributed by atoms with Crippen molar-refractivity contribution in [1.82, 2.24) is 20.2 Å². The van der Waals surface area contributed by atoms with Crippen LogP contribution in [0.2, 0.25) is 5.02 Å². The number of rotatable bonds is 6. The van der Waals surface area contributed by atoms with Crippen LogP contribution in [0.4, 0.5) is 5.69 Å². The topological polar surface area (TPSA) is 78.4 Å². The van der Waals surface area contributed by atoms with Crippen LogP contribution in [0.3, 0.4) is 0 Å². The average molecular weight is 456 g/mol. The third-order valence-corrected chi connectivity index (χ3v) is 6.20. The van der Waals surface area contributed by atoms with E-state index in [4.69, 9.17) is 11.6 Å². The maximum atomic E-state index is 12.5. The first kappa shape index (κ1) is 21.3. The molecule has 7 nitrogen and oxygen atoms in total. The second kappa shape index (κ2) is 9.89. The van der Waals surface area contributed by atoms with Crippen LogP contribution in [0.1, 0.15) is 5.69 Å². The van der Waals surface area contributed by atoms with E-state index in [0.717, 1.165) is 29.5 Å². The summed E-state index contributed by atoms with van der Waals surface area (Å²) >= 11 is 7.39. The number of nitrogens with one attached hydrogen (secondary N) is 1. The van der Waals surface area contributed by atoms with Gasteiger partial charge in [-0.3, -0.25) is 14.6 Å². The van der Waals surface area contributed by atoms with Crippen molar-refractivity contribution in [2.45, 2.75) is 6.42 Å². The van der Waals surface area contributed by atoms with Gasteiger partial charge in [0.1, 0.15) is 5.01 Å². The van der Waals surface area contributed by atoms with Gasteiger partial charge >= 0.3 is 0 Å². The van der Waals surface area contributed by atoms with Gasteiger partial charge in [-0.25, -0.2) is 4.98 Å². The van der Waals surface area contributed by atoms with E-state index in [1.165, 1.54) is 11.3 Å². The molecule has 0 saturated carbocycles. The van der Waals surface area contributed by atoms with E-state index in [9.17, 15) is 9.59 Å². The zero-order valence-electron chi connectivity index (χ0n) is 16.8. The lowest BCUT2D eigenvalue weighted by atomic mass is 10.2. The molecule has 1 N–H and O–H groups in total. The van der Waals surface area contributed by atoms with Crippen molar-refractivity contribution < 1.29 is 9.59 Å². The van der Waals surface area contributed by atoms with E-state index < -0.39 is 0 Å². The Morgan fingerprint density at radius 2 is 1.84 bits per heavy atom. The third-order valence-electron chi connectivity index (χ3n) is 5.04. The molecule has 1 fully saturated rings. The molecule has 0 unspecified atom stereocenters. The van der Waals surface area contributed by atoms with Crippen LogP contribution >= 0.6 is 22.9 Å². The summed E-state index contributed by atoms with van der Waals surface area (Å²) in [5, 5.41) is 6.05. The fraction of sp³-hybridized carbons (Fsp3) is 0.273. The predicted molar refractivity (Wildman–Crippen MR) is 122 cm³/mol. The SMILES string of the molecule is O=C(Cc1csc(-c2ccccn2)n1)NCC(=O)N1CCN(c2ccc(Cl)cc2)CC1. The molecule has 4 rings (SSSR count). The highest BCUT2D eigenvalue weighted by Crippen LogP contribution is 2.22. The van der Waals surface area contributed by atoms with E-state index in [-0.39, 0.29) is 24.8 Å². The van der Waals surface area contributed by atoms with Crippen molar-refractivity contribution in [2.75, 3.05) is 37.6 Å². The molecule has 3 aromatic rings. The summed E-state index contributed by atoms with van der Waals surface area (Å²) < 4.78 is 0. The molecular formula is C22H22ClN5O2S. The number of amides is 2. The number of aromatic nitrogens is 2. The average Bonchev–Trinajstić information content (AvgIpc) is 3.27. The molecule has 0 spiro atoms. The Bertz CT molecular complexity index is 1030. The van der Waals surface area contributed by atoms with Crippen molar-refractivity contribution in [3.63, 3.8) is 0 Å². The minimum absolute atomic E-state index is 0.00296. The second-order valence-corrected chi connectivity index (χ2v) is 8.45. The summed E-state index contributed by atoms with van der Waals surface area (Å²) in [4.78, 5) is 37.5. The normalized spacial score (nSPS) is 13.8. The van der Waals surface area contributed by atoms with Crippen LogP contribution in [0.25, 0.3) is 10.7 Å². The number of anilines is 1. The van der Waals surface area contributed by atoms with Gasteiger partial charge in [-0.15, -0.1) is 11.3 Å². The van der Waals surface area contributed by atoms with E-state index in [0.29, 0.717) is 23.8 Å². The first-order valence-electron chi connectivity index (χ1n) is 9.99. The zero-order chi connectivity index (χ0) is 21.6. The molecule has 3 heterocycles. The summed E-state index contributed by atoms with van der Waals surface area (Å²) in [5.41, 5.74) is 2.55. The van der Waals surface area contributed by atoms with Crippen LogP contribution in [-0.4, -0.2) is 59.4 Å². The largest absolute Gasteiger partial charge is 0.368 e. The van der Waals surface area contributed by atoms with E-state index >= 15 is 0 Å². The molecule has 0 radical (unpaired) electrons. The van der Waals surface area contributed by atoms with Gasteiger partial charge in [-0.05, 0) is 36.4 Å². The smallest absolute Gasteiger partial charge is 0.242 e. The molecule has 1 aliphatic heterocycles. The lowest BCUT2D eigenvalue weighted by Crippen LogP contribution is -2.51. The third kappa shape index (κ3) is 5.59. The Morgan fingerprint density at radius 3 is 2.55 bits per heavy atom. The van der Waals surface area contributed by atoms with Crippen molar-refractivity contribution in [3.8, 4) is 10.7 Å². The first-order chi connectivity index (χ1) is 15.1. The minimum atomic E-state index is -0.217. The number of halogens is 1. The number of nitrogens with zero attached hydrogens (tertiary/aromatic N) is 4. The Kier molecular flexibility index (Phi) is 6.79. The van der Waals surface area contributed by atoms with E-state index in [1.54, 1.807) is 11.1 Å². The number of benzene rings is 1. The Morgan fingerprint density at radius 1 is 1.06 bits per heavy atom. The lowest BCUT2D eigenvalue weighted by molar-refractivity contribution is -0.133. The summed E-state index contributed by atoms with van der Waals surface area (Å²) in [7, 11) is 0. The highest BCUT2D eigenvalue weighted by molar-refractivity contribution is 7.13. The quantitative estimate of drug-likeness (QED) is 0.618. The molecule has 0 atom stereocenters. The summed E-state index contributed by atoms with van der Waals surface area (Å²) in [5.74, 6) is -0.289. The number of hydrogen-bond donors (Lipinski definition) is 1. The Hall–Kier alpha value is -2.97. The van der Waals surface area contributed by atoms with Crippen LogP contribution in [0, 0.1) is 0 Å². The van der Waals surface area contributed by atoms with E-state index in [1.807, 2.05) is 47.8 Å². The standard InChI is InChI=1S/C22H22ClN5O2S/c23-16-4-6-18(7-5-16)27-9-11-28(12-10-27)21(30)14-25-20(29)13-17-15-31-22(26-17)19-3-1-2-8-24-19/h1-8,15H,9-14H2,(H,25,29). The van der Waals surface area contributed by atoms with Crippen LogP contribution < -0.4 is 10.2 Å². The van der Waals surface area contributed by atoms with Gasteiger partial charge in [0.25, 0.3) is 0 Å². The van der Waals surface area contributed by atoms with Gasteiger partial charge in [0.2, 0.25) is 11.8 Å². The molecule has 0 aliphatic carbocycles. The number of hydrogen-bond acceptors (Lipinski definition) is 6. The molecule has 9 heteroatoms. The van der Waals surface area contributed by atoms with Crippen LogP contribution in [0.5, 0.6) is 0 Å². The predicted octanol–water partition coefficient (Wildman–Crippen LogP) is 2.87. The Balaban J connectivity index is 1.21. The fourth-order valence-electron chi connectivity index (χ4n) is 3.37. The molecule has 1 aromatic carbocycles. The molecule has 31 heavy (non-hydrogen) atoms. The molecule has 2 amide bonds. The lowest BCUT2D eigenvalue weighted by Gasteiger charge is -2.36. The van der Waals surface area contributed by atoms with Gasteiger partial charge in [0.15, 0.2) is 0 Å². The maximum Gasteiger partial charge on any atom is 0.242 e. The molecular weight excluding hydrogens is 434 g/mol. The zero-order valence-corrected chi connectivity index (χ0v) is 18.4. The minimum Gasteiger partial charge on any atom is -0.368 e. The van der Waals surface area contributed by atoms with Crippen molar-refractivity contribution in [3.05, 3.63) is 64.8 Å². The molecule has 160 valence electrons. The summed E-state index contributed by atoms with van der Waals surface area (Å²) in [6.45, 7) is 2.73. The van der Waals surface area contributed by atoms with Gasteiger partial charge < -0.3 is 15.1 Å². The van der Waals surface area contributed by atoms with E-state index in [2.05, 4.69) is 20.2 Å².